The molecule has 0 aromatic rings. The van der Waals surface area contributed by atoms with Gasteiger partial charge < -0.3 is 4.90 Å². The minimum absolute atomic E-state index is 0.144. The van der Waals surface area contributed by atoms with Crippen molar-refractivity contribution in [2.45, 2.75) is 73.1 Å². The molecule has 0 bridgehead atoms. The highest BCUT2D eigenvalue weighted by Gasteiger charge is 2.33. The first-order chi connectivity index (χ1) is 10.3. The third-order valence-electron chi connectivity index (χ3n) is 4.65. The molecule has 1 aliphatic heterocycles. The summed E-state index contributed by atoms with van der Waals surface area (Å²) in [5.74, 6) is 0.629. The maximum absolute atomic E-state index is 12.5. The fraction of sp³-hybridized carbons (Fsp3) is 0.737. The lowest BCUT2D eigenvalue weighted by Gasteiger charge is -2.22. The maximum atomic E-state index is 12.5. The summed E-state index contributed by atoms with van der Waals surface area (Å²) in [6, 6.07) is 0. The van der Waals surface area contributed by atoms with Crippen molar-refractivity contribution < 1.29 is 4.79 Å². The van der Waals surface area contributed by atoms with Crippen molar-refractivity contribution in [2.24, 2.45) is 11.3 Å². The standard InChI is InChI=1S/C19H31NOS/c1-6-7-12-20-14(2)18(19(3,4)5)22-17(20)13-16(21)15-10-8-9-11-15/h13,15H,6-12H2,1-5H3/b17-13-. The van der Waals surface area contributed by atoms with Crippen LogP contribution in [0.4, 0.5) is 0 Å². The van der Waals surface area contributed by atoms with E-state index >= 15 is 0 Å². The zero-order valence-electron chi connectivity index (χ0n) is 14.9. The smallest absolute Gasteiger partial charge is 0.161 e. The van der Waals surface area contributed by atoms with Gasteiger partial charge in [-0.15, -0.1) is 0 Å². The molecule has 2 rings (SSSR count). The Hall–Kier alpha value is -0.700. The van der Waals surface area contributed by atoms with Gasteiger partial charge in [-0.3, -0.25) is 4.79 Å². The van der Waals surface area contributed by atoms with Crippen molar-refractivity contribution in [2.75, 3.05) is 6.54 Å². The first-order valence-corrected chi connectivity index (χ1v) is 9.58. The van der Waals surface area contributed by atoms with Crippen LogP contribution in [0.1, 0.15) is 73.1 Å². The van der Waals surface area contributed by atoms with E-state index in [1.54, 1.807) is 0 Å². The van der Waals surface area contributed by atoms with Gasteiger partial charge in [0.25, 0.3) is 0 Å². The third kappa shape index (κ3) is 3.98. The molecule has 3 heteroatoms. The molecule has 1 aliphatic carbocycles. The zero-order chi connectivity index (χ0) is 16.3. The van der Waals surface area contributed by atoms with Gasteiger partial charge >= 0.3 is 0 Å². The van der Waals surface area contributed by atoms with Gasteiger partial charge in [0.15, 0.2) is 5.78 Å². The summed E-state index contributed by atoms with van der Waals surface area (Å²) in [4.78, 5) is 16.3. The molecule has 0 N–H and O–H groups in total. The number of unbranched alkanes of at least 4 members (excludes halogenated alkanes) is 1. The molecule has 2 aliphatic rings. The summed E-state index contributed by atoms with van der Waals surface area (Å²) in [5, 5.41) is 1.16. The van der Waals surface area contributed by atoms with Crippen LogP contribution < -0.4 is 0 Å². The van der Waals surface area contributed by atoms with Gasteiger partial charge in [-0.1, -0.05) is 58.7 Å². The zero-order valence-corrected chi connectivity index (χ0v) is 15.7. The number of hydrogen-bond donors (Lipinski definition) is 0. The Morgan fingerprint density at radius 2 is 1.95 bits per heavy atom. The minimum atomic E-state index is 0.144. The van der Waals surface area contributed by atoms with Crippen LogP contribution in [0.5, 0.6) is 0 Å². The fourth-order valence-electron chi connectivity index (χ4n) is 3.37. The van der Waals surface area contributed by atoms with Crippen LogP contribution >= 0.6 is 11.8 Å². The Morgan fingerprint density at radius 1 is 1.32 bits per heavy atom. The molecular formula is C19H31NOS. The summed E-state index contributed by atoms with van der Waals surface area (Å²) in [6.07, 6.45) is 8.90. The lowest BCUT2D eigenvalue weighted by Crippen LogP contribution is -2.20. The number of ketones is 1. The summed E-state index contributed by atoms with van der Waals surface area (Å²) in [5.41, 5.74) is 1.49. The van der Waals surface area contributed by atoms with Gasteiger partial charge in [-0.05, 0) is 31.6 Å². The summed E-state index contributed by atoms with van der Waals surface area (Å²) < 4.78 is 0. The first kappa shape index (κ1) is 17.7. The number of nitrogens with zero attached hydrogens (tertiary/aromatic N) is 1. The molecule has 124 valence electrons. The van der Waals surface area contributed by atoms with E-state index in [1.165, 1.54) is 36.3 Å². The second-order valence-corrected chi connectivity index (χ2v) is 8.67. The Morgan fingerprint density at radius 3 is 2.50 bits per heavy atom. The third-order valence-corrected chi connectivity index (χ3v) is 6.31. The van der Waals surface area contributed by atoms with Crippen molar-refractivity contribution in [3.63, 3.8) is 0 Å². The quantitative estimate of drug-likeness (QED) is 0.605. The van der Waals surface area contributed by atoms with Crippen LogP contribution in [0.15, 0.2) is 21.7 Å². The molecule has 2 nitrogen and oxygen atoms in total. The molecular weight excluding hydrogens is 290 g/mol. The Kier molecular flexibility index (Phi) is 5.81. The molecule has 1 saturated carbocycles. The number of carbonyl (C=O) groups is 1. The highest BCUT2D eigenvalue weighted by molar-refractivity contribution is 8.07. The van der Waals surface area contributed by atoms with E-state index in [0.29, 0.717) is 5.78 Å². The number of thioether (sulfide) groups is 1. The molecule has 0 radical (unpaired) electrons. The SMILES string of the molecule is CCCCN1C(C)=C(C(C)(C)C)S/C1=C\C(=O)C1CCCC1. The first-order valence-electron chi connectivity index (χ1n) is 8.77. The molecule has 1 heterocycles. The van der Waals surface area contributed by atoms with Crippen molar-refractivity contribution in [1.82, 2.24) is 4.90 Å². The van der Waals surface area contributed by atoms with Crippen molar-refractivity contribution in [1.29, 1.82) is 0 Å². The molecule has 0 spiro atoms. The molecule has 0 saturated heterocycles. The highest BCUT2D eigenvalue weighted by atomic mass is 32.2. The second kappa shape index (κ2) is 7.25. The molecule has 0 aromatic heterocycles. The molecule has 0 unspecified atom stereocenters. The lowest BCUT2D eigenvalue weighted by molar-refractivity contribution is -0.118. The molecule has 0 amide bonds. The van der Waals surface area contributed by atoms with Gasteiger partial charge in [-0.25, -0.2) is 0 Å². The summed E-state index contributed by atoms with van der Waals surface area (Å²) in [7, 11) is 0. The summed E-state index contributed by atoms with van der Waals surface area (Å²) >= 11 is 1.82. The van der Waals surface area contributed by atoms with Crippen molar-refractivity contribution in [3.8, 4) is 0 Å². The average Bonchev–Trinajstić information content (AvgIpc) is 3.05. The van der Waals surface area contributed by atoms with Crippen LogP contribution in [0.25, 0.3) is 0 Å². The van der Waals surface area contributed by atoms with E-state index in [1.807, 2.05) is 17.8 Å². The molecule has 22 heavy (non-hydrogen) atoms. The number of allylic oxidation sites excluding steroid dienone is 3. The van der Waals surface area contributed by atoms with Gasteiger partial charge in [-0.2, -0.15) is 0 Å². The van der Waals surface area contributed by atoms with E-state index in [0.717, 1.165) is 24.4 Å². The van der Waals surface area contributed by atoms with Crippen LogP contribution in [0.3, 0.4) is 0 Å². The molecule has 1 fully saturated rings. The van der Waals surface area contributed by atoms with Gasteiger partial charge in [0.05, 0.1) is 5.03 Å². The normalized spacial score (nSPS) is 22.2. The predicted molar refractivity (Wildman–Crippen MR) is 96.4 cm³/mol. The Labute approximate surface area is 140 Å². The van der Waals surface area contributed by atoms with Gasteiger partial charge in [0.1, 0.15) is 0 Å². The largest absolute Gasteiger partial charge is 0.339 e. The monoisotopic (exact) mass is 321 g/mol. The summed E-state index contributed by atoms with van der Waals surface area (Å²) in [6.45, 7) is 12.2. The van der Waals surface area contributed by atoms with E-state index in [9.17, 15) is 4.79 Å². The van der Waals surface area contributed by atoms with E-state index in [2.05, 4.69) is 39.5 Å². The van der Waals surface area contributed by atoms with Gasteiger partial charge in [0, 0.05) is 29.1 Å². The number of carbonyl (C=O) groups excluding carboxylic acids is 1. The average molecular weight is 322 g/mol. The van der Waals surface area contributed by atoms with Crippen molar-refractivity contribution in [3.05, 3.63) is 21.7 Å². The van der Waals surface area contributed by atoms with E-state index < -0.39 is 0 Å². The number of hydrogen-bond acceptors (Lipinski definition) is 3. The predicted octanol–water partition coefficient (Wildman–Crippen LogP) is 5.71. The molecule has 0 aromatic carbocycles. The van der Waals surface area contributed by atoms with Crippen LogP contribution in [0, 0.1) is 11.3 Å². The lowest BCUT2D eigenvalue weighted by atomic mass is 9.94. The fourth-order valence-corrected chi connectivity index (χ4v) is 4.66. The van der Waals surface area contributed by atoms with E-state index in [-0.39, 0.29) is 11.3 Å². The minimum Gasteiger partial charge on any atom is -0.339 e. The topological polar surface area (TPSA) is 20.3 Å². The molecule has 0 atom stereocenters. The van der Waals surface area contributed by atoms with Gasteiger partial charge in [0.2, 0.25) is 0 Å². The Bertz CT molecular complexity index is 478. The van der Waals surface area contributed by atoms with Crippen LogP contribution in [0.2, 0.25) is 0 Å². The highest BCUT2D eigenvalue weighted by Crippen LogP contribution is 2.49. The second-order valence-electron chi connectivity index (χ2n) is 7.64. The number of rotatable bonds is 5. The van der Waals surface area contributed by atoms with Crippen LogP contribution in [-0.4, -0.2) is 17.2 Å². The maximum Gasteiger partial charge on any atom is 0.161 e. The Balaban J connectivity index is 2.20. The van der Waals surface area contributed by atoms with Crippen LogP contribution in [-0.2, 0) is 4.79 Å². The van der Waals surface area contributed by atoms with Crippen molar-refractivity contribution >= 4 is 17.5 Å². The van der Waals surface area contributed by atoms with E-state index in [4.69, 9.17) is 0 Å².